The van der Waals surface area contributed by atoms with Crippen LogP contribution in [0, 0.1) is 11.3 Å². The number of hydrogen-bond acceptors (Lipinski definition) is 5. The van der Waals surface area contributed by atoms with Gasteiger partial charge >= 0.3 is 5.97 Å². The molecule has 0 fully saturated rings. The van der Waals surface area contributed by atoms with Crippen molar-refractivity contribution in [1.82, 2.24) is 14.8 Å². The van der Waals surface area contributed by atoms with Gasteiger partial charge in [0.2, 0.25) is 0 Å². The van der Waals surface area contributed by atoms with Gasteiger partial charge in [-0.25, -0.2) is 14.5 Å². The van der Waals surface area contributed by atoms with Crippen LogP contribution < -0.4 is 4.74 Å². The number of methoxy groups -OCH3 is 1. The molecule has 0 atom stereocenters. The van der Waals surface area contributed by atoms with Gasteiger partial charge in [0.25, 0.3) is 0 Å². The van der Waals surface area contributed by atoms with Crippen molar-refractivity contribution in [3.05, 3.63) is 60.0 Å². The first-order chi connectivity index (χ1) is 11.6. The Morgan fingerprint density at radius 3 is 2.83 bits per heavy atom. The Kier molecular flexibility index (Phi) is 3.95. The number of rotatable bonds is 4. The molecular weight excluding hydrogens is 308 g/mol. The van der Waals surface area contributed by atoms with Crippen molar-refractivity contribution in [2.24, 2.45) is 0 Å². The van der Waals surface area contributed by atoms with Crippen LogP contribution >= 0.6 is 0 Å². The molecule has 0 aliphatic carbocycles. The van der Waals surface area contributed by atoms with Crippen LogP contribution in [0.1, 0.15) is 15.9 Å². The molecular formula is C17H12N4O3. The molecule has 0 bridgehead atoms. The van der Waals surface area contributed by atoms with E-state index in [2.05, 4.69) is 16.2 Å². The van der Waals surface area contributed by atoms with Crippen LogP contribution in [0.5, 0.6) is 5.75 Å². The van der Waals surface area contributed by atoms with Gasteiger partial charge in [-0.05, 0) is 17.7 Å². The molecule has 0 saturated carbocycles. The second-order valence-electron chi connectivity index (χ2n) is 4.91. The first-order valence-electron chi connectivity index (χ1n) is 6.95. The van der Waals surface area contributed by atoms with Gasteiger partial charge in [0, 0.05) is 24.0 Å². The minimum atomic E-state index is -1.07. The molecule has 0 aliphatic rings. The predicted molar refractivity (Wildman–Crippen MR) is 85.0 cm³/mol. The highest BCUT2D eigenvalue weighted by molar-refractivity contribution is 5.87. The first-order valence-corrected chi connectivity index (χ1v) is 6.95. The number of pyridine rings is 1. The molecule has 7 nitrogen and oxygen atoms in total. The quantitative estimate of drug-likeness (QED) is 0.792. The molecule has 7 heteroatoms. The first kappa shape index (κ1) is 15.2. The van der Waals surface area contributed by atoms with Crippen LogP contribution in [-0.2, 0) is 0 Å². The van der Waals surface area contributed by atoms with Crippen molar-refractivity contribution in [3.63, 3.8) is 0 Å². The van der Waals surface area contributed by atoms with Gasteiger partial charge in [-0.2, -0.15) is 10.4 Å². The molecule has 2 heterocycles. The number of aromatic carboxylic acids is 1. The highest BCUT2D eigenvalue weighted by Gasteiger charge is 2.12. The SMILES string of the molecule is COc1cccc(-c2cnc(-n3cc(C(=O)O)cn3)cc2C#N)c1. The molecule has 2 aromatic heterocycles. The minimum Gasteiger partial charge on any atom is -0.497 e. The van der Waals surface area contributed by atoms with Crippen LogP contribution in [-0.4, -0.2) is 33.0 Å². The zero-order chi connectivity index (χ0) is 17.1. The number of aromatic nitrogens is 3. The lowest BCUT2D eigenvalue weighted by Gasteiger charge is -2.08. The maximum Gasteiger partial charge on any atom is 0.338 e. The van der Waals surface area contributed by atoms with E-state index >= 15 is 0 Å². The number of hydrogen-bond donors (Lipinski definition) is 1. The molecule has 0 aliphatic heterocycles. The summed E-state index contributed by atoms with van der Waals surface area (Å²) >= 11 is 0. The monoisotopic (exact) mass is 320 g/mol. The summed E-state index contributed by atoms with van der Waals surface area (Å²) in [5.41, 5.74) is 1.91. The Morgan fingerprint density at radius 1 is 1.33 bits per heavy atom. The molecule has 1 aromatic carbocycles. The summed E-state index contributed by atoms with van der Waals surface area (Å²) in [7, 11) is 1.57. The molecule has 0 radical (unpaired) electrons. The second kappa shape index (κ2) is 6.22. The normalized spacial score (nSPS) is 10.2. The van der Waals surface area contributed by atoms with Crippen LogP contribution in [0.4, 0.5) is 0 Å². The Morgan fingerprint density at radius 2 is 2.17 bits per heavy atom. The van der Waals surface area contributed by atoms with Gasteiger partial charge in [0.1, 0.15) is 5.75 Å². The molecule has 118 valence electrons. The van der Waals surface area contributed by atoms with Crippen molar-refractivity contribution < 1.29 is 14.6 Å². The molecule has 0 saturated heterocycles. The summed E-state index contributed by atoms with van der Waals surface area (Å²) in [6, 6.07) is 11.0. The number of carboxylic acid groups (broad SMARTS) is 1. The number of nitriles is 1. The summed E-state index contributed by atoms with van der Waals surface area (Å²) in [6.45, 7) is 0. The fraction of sp³-hybridized carbons (Fsp3) is 0.0588. The minimum absolute atomic E-state index is 0.0483. The zero-order valence-electron chi connectivity index (χ0n) is 12.7. The van der Waals surface area contributed by atoms with Gasteiger partial charge < -0.3 is 9.84 Å². The van der Waals surface area contributed by atoms with Gasteiger partial charge in [0.15, 0.2) is 5.82 Å². The van der Waals surface area contributed by atoms with E-state index < -0.39 is 5.97 Å². The van der Waals surface area contributed by atoms with E-state index in [9.17, 15) is 10.1 Å². The average molecular weight is 320 g/mol. The molecule has 1 N–H and O–H groups in total. The highest BCUT2D eigenvalue weighted by atomic mass is 16.5. The van der Waals surface area contributed by atoms with E-state index in [0.29, 0.717) is 22.7 Å². The Hall–Kier alpha value is -3.66. The van der Waals surface area contributed by atoms with E-state index in [1.54, 1.807) is 19.4 Å². The molecule has 3 aromatic rings. The highest BCUT2D eigenvalue weighted by Crippen LogP contribution is 2.27. The number of benzene rings is 1. The maximum atomic E-state index is 10.9. The summed E-state index contributed by atoms with van der Waals surface area (Å²) in [5, 5.41) is 22.3. The third-order valence-corrected chi connectivity index (χ3v) is 3.45. The number of ether oxygens (including phenoxy) is 1. The molecule has 0 unspecified atom stereocenters. The van der Waals surface area contributed by atoms with Gasteiger partial charge in [-0.3, -0.25) is 0 Å². The van der Waals surface area contributed by atoms with Crippen LogP contribution in [0.15, 0.2) is 48.9 Å². The lowest BCUT2D eigenvalue weighted by atomic mass is 10.0. The molecule has 24 heavy (non-hydrogen) atoms. The molecule has 0 spiro atoms. The Labute approximate surface area is 137 Å². The summed E-state index contributed by atoms with van der Waals surface area (Å²) in [6.07, 6.45) is 4.13. The van der Waals surface area contributed by atoms with Crippen molar-refractivity contribution in [3.8, 4) is 28.8 Å². The Bertz CT molecular complexity index is 956. The summed E-state index contributed by atoms with van der Waals surface area (Å²) in [4.78, 5) is 15.2. The lowest BCUT2D eigenvalue weighted by Crippen LogP contribution is -2.00. The van der Waals surface area contributed by atoms with E-state index in [-0.39, 0.29) is 5.56 Å². The van der Waals surface area contributed by atoms with E-state index in [0.717, 1.165) is 5.56 Å². The van der Waals surface area contributed by atoms with Gasteiger partial charge in [0.05, 0.1) is 30.5 Å². The van der Waals surface area contributed by atoms with Crippen molar-refractivity contribution in [1.29, 1.82) is 5.26 Å². The summed E-state index contributed by atoms with van der Waals surface area (Å²) in [5.74, 6) is -0.0286. The van der Waals surface area contributed by atoms with E-state index in [4.69, 9.17) is 9.84 Å². The third-order valence-electron chi connectivity index (χ3n) is 3.45. The summed E-state index contributed by atoms with van der Waals surface area (Å²) < 4.78 is 6.51. The fourth-order valence-corrected chi connectivity index (χ4v) is 2.24. The molecule has 0 amide bonds. The topological polar surface area (TPSA) is 101 Å². The smallest absolute Gasteiger partial charge is 0.338 e. The van der Waals surface area contributed by atoms with Crippen molar-refractivity contribution >= 4 is 5.97 Å². The Balaban J connectivity index is 2.04. The van der Waals surface area contributed by atoms with Crippen LogP contribution in [0.2, 0.25) is 0 Å². The standard InChI is InChI=1S/C17H12N4O3/c1-24-14-4-2-3-11(5-14)15-9-19-16(6-12(15)7-18)21-10-13(8-20-21)17(22)23/h2-6,8-10H,1H3,(H,22,23). The van der Waals surface area contributed by atoms with Crippen molar-refractivity contribution in [2.45, 2.75) is 0 Å². The zero-order valence-corrected chi connectivity index (χ0v) is 12.7. The van der Waals surface area contributed by atoms with Gasteiger partial charge in [-0.1, -0.05) is 12.1 Å². The maximum absolute atomic E-state index is 10.9. The number of nitrogens with zero attached hydrogens (tertiary/aromatic N) is 4. The molecule has 3 rings (SSSR count). The van der Waals surface area contributed by atoms with Crippen molar-refractivity contribution in [2.75, 3.05) is 7.11 Å². The fourth-order valence-electron chi connectivity index (χ4n) is 2.24. The predicted octanol–water partition coefficient (Wildman–Crippen LogP) is 2.51. The lowest BCUT2D eigenvalue weighted by molar-refractivity contribution is 0.0697. The number of carbonyl (C=O) groups is 1. The average Bonchev–Trinajstić information content (AvgIpc) is 3.11. The third kappa shape index (κ3) is 2.80. The van der Waals surface area contributed by atoms with Crippen LogP contribution in [0.3, 0.4) is 0 Å². The van der Waals surface area contributed by atoms with Crippen LogP contribution in [0.25, 0.3) is 16.9 Å². The van der Waals surface area contributed by atoms with E-state index in [1.807, 2.05) is 24.3 Å². The second-order valence-corrected chi connectivity index (χ2v) is 4.91. The van der Waals surface area contributed by atoms with Gasteiger partial charge in [-0.15, -0.1) is 0 Å². The van der Waals surface area contributed by atoms with E-state index in [1.165, 1.54) is 17.1 Å². The number of carboxylic acids is 1. The largest absolute Gasteiger partial charge is 0.497 e.